The number of rotatable bonds is 3. The highest BCUT2D eigenvalue weighted by atomic mass is 16.2. The summed E-state index contributed by atoms with van der Waals surface area (Å²) < 4.78 is 1.89. The van der Waals surface area contributed by atoms with Crippen molar-refractivity contribution in [3.05, 3.63) is 59.7 Å². The van der Waals surface area contributed by atoms with Gasteiger partial charge in [0.2, 0.25) is 0 Å². The third-order valence-electron chi connectivity index (χ3n) is 5.02. The van der Waals surface area contributed by atoms with Gasteiger partial charge in [-0.3, -0.25) is 4.79 Å². The number of hydrogen-bond acceptors (Lipinski definition) is 3. The molecule has 1 amide bonds. The van der Waals surface area contributed by atoms with Crippen molar-refractivity contribution in [1.29, 1.82) is 0 Å². The number of aromatic nitrogens is 3. The van der Waals surface area contributed by atoms with Crippen molar-refractivity contribution in [3.63, 3.8) is 0 Å². The molecule has 2 heterocycles. The Morgan fingerprint density at radius 3 is 2.56 bits per heavy atom. The van der Waals surface area contributed by atoms with Crippen molar-refractivity contribution in [2.75, 3.05) is 13.1 Å². The largest absolute Gasteiger partial charge is 0.339 e. The van der Waals surface area contributed by atoms with E-state index in [2.05, 4.69) is 17.2 Å². The second-order valence-corrected chi connectivity index (χ2v) is 6.91. The molecular formula is C20H22N4O. The summed E-state index contributed by atoms with van der Waals surface area (Å²) in [4.78, 5) is 14.6. The van der Waals surface area contributed by atoms with Crippen LogP contribution >= 0.6 is 0 Å². The maximum atomic E-state index is 12.6. The van der Waals surface area contributed by atoms with Crippen LogP contribution < -0.4 is 0 Å². The number of benzene rings is 2. The van der Waals surface area contributed by atoms with Crippen LogP contribution in [0, 0.1) is 5.92 Å². The molecule has 4 rings (SSSR count). The summed E-state index contributed by atoms with van der Waals surface area (Å²) in [5.74, 6) is 0.869. The Morgan fingerprint density at radius 2 is 1.80 bits per heavy atom. The predicted octanol–water partition coefficient (Wildman–Crippen LogP) is 3.35. The molecule has 0 spiro atoms. The average molecular weight is 334 g/mol. The van der Waals surface area contributed by atoms with E-state index in [1.54, 1.807) is 0 Å². The van der Waals surface area contributed by atoms with Crippen LogP contribution in [-0.2, 0) is 6.54 Å². The highest BCUT2D eigenvalue weighted by molar-refractivity contribution is 5.94. The topological polar surface area (TPSA) is 51.0 Å². The van der Waals surface area contributed by atoms with Gasteiger partial charge in [-0.25, -0.2) is 4.68 Å². The van der Waals surface area contributed by atoms with Crippen molar-refractivity contribution in [2.45, 2.75) is 26.3 Å². The molecule has 0 atom stereocenters. The maximum Gasteiger partial charge on any atom is 0.253 e. The van der Waals surface area contributed by atoms with Crippen LogP contribution in [0.15, 0.2) is 48.5 Å². The molecule has 0 saturated carbocycles. The zero-order valence-corrected chi connectivity index (χ0v) is 14.4. The van der Waals surface area contributed by atoms with Crippen molar-refractivity contribution >= 4 is 16.9 Å². The Hall–Kier alpha value is -2.69. The van der Waals surface area contributed by atoms with E-state index in [9.17, 15) is 4.79 Å². The van der Waals surface area contributed by atoms with E-state index in [1.165, 1.54) is 0 Å². The van der Waals surface area contributed by atoms with Crippen LogP contribution in [0.5, 0.6) is 0 Å². The van der Waals surface area contributed by atoms with Crippen LogP contribution in [0.4, 0.5) is 0 Å². The summed E-state index contributed by atoms with van der Waals surface area (Å²) in [7, 11) is 0. The van der Waals surface area contributed by atoms with Gasteiger partial charge in [0.05, 0.1) is 12.1 Å². The molecule has 1 aromatic heterocycles. The molecule has 0 aliphatic carbocycles. The van der Waals surface area contributed by atoms with Crippen molar-refractivity contribution in [2.24, 2.45) is 5.92 Å². The summed E-state index contributed by atoms with van der Waals surface area (Å²) >= 11 is 0. The monoisotopic (exact) mass is 334 g/mol. The fourth-order valence-electron chi connectivity index (χ4n) is 3.35. The Labute approximate surface area is 147 Å². The number of likely N-dealkylation sites (tertiary alicyclic amines) is 1. The molecule has 0 N–H and O–H groups in total. The lowest BCUT2D eigenvalue weighted by atomic mass is 9.98. The number of hydrogen-bond donors (Lipinski definition) is 0. The van der Waals surface area contributed by atoms with E-state index >= 15 is 0 Å². The Balaban J connectivity index is 1.47. The van der Waals surface area contributed by atoms with Gasteiger partial charge in [-0.15, -0.1) is 5.10 Å². The molecule has 25 heavy (non-hydrogen) atoms. The summed E-state index contributed by atoms with van der Waals surface area (Å²) in [5.41, 5.74) is 3.79. The minimum atomic E-state index is 0.143. The van der Waals surface area contributed by atoms with E-state index in [0.29, 0.717) is 6.54 Å². The lowest BCUT2D eigenvalue weighted by molar-refractivity contribution is 0.0697. The molecule has 1 aliphatic heterocycles. The first kappa shape index (κ1) is 15.8. The molecule has 3 aromatic rings. The van der Waals surface area contributed by atoms with E-state index in [4.69, 9.17) is 0 Å². The summed E-state index contributed by atoms with van der Waals surface area (Å²) in [6, 6.07) is 15.8. The summed E-state index contributed by atoms with van der Waals surface area (Å²) in [5, 5.41) is 8.40. The number of amides is 1. The second kappa shape index (κ2) is 6.67. The van der Waals surface area contributed by atoms with E-state index in [1.807, 2.05) is 58.1 Å². The third kappa shape index (κ3) is 3.27. The zero-order chi connectivity index (χ0) is 17.2. The molecule has 0 unspecified atom stereocenters. The molecule has 1 fully saturated rings. The van der Waals surface area contributed by atoms with Crippen LogP contribution in [-0.4, -0.2) is 38.9 Å². The zero-order valence-electron chi connectivity index (χ0n) is 14.4. The van der Waals surface area contributed by atoms with Gasteiger partial charge >= 0.3 is 0 Å². The smallest absolute Gasteiger partial charge is 0.253 e. The molecule has 5 heteroatoms. The number of para-hydroxylation sites is 1. The first-order chi connectivity index (χ1) is 12.2. The molecule has 1 saturated heterocycles. The van der Waals surface area contributed by atoms with Gasteiger partial charge in [-0.2, -0.15) is 0 Å². The quantitative estimate of drug-likeness (QED) is 0.738. The molecular weight excluding hydrogens is 312 g/mol. The van der Waals surface area contributed by atoms with Crippen molar-refractivity contribution in [1.82, 2.24) is 19.9 Å². The van der Waals surface area contributed by atoms with Gasteiger partial charge < -0.3 is 4.90 Å². The SMILES string of the molecule is CC1CCN(C(=O)c2ccc(Cn3nnc4ccccc43)cc2)CC1. The second-order valence-electron chi connectivity index (χ2n) is 6.91. The van der Waals surface area contributed by atoms with E-state index in [-0.39, 0.29) is 5.91 Å². The van der Waals surface area contributed by atoms with Crippen LogP contribution in [0.2, 0.25) is 0 Å². The average Bonchev–Trinajstić information content (AvgIpc) is 3.06. The number of nitrogens with zero attached hydrogens (tertiary/aromatic N) is 4. The molecule has 2 aromatic carbocycles. The Kier molecular flexibility index (Phi) is 4.22. The van der Waals surface area contributed by atoms with Crippen LogP contribution in [0.1, 0.15) is 35.7 Å². The van der Waals surface area contributed by atoms with E-state index in [0.717, 1.165) is 54.0 Å². The lowest BCUT2D eigenvalue weighted by Gasteiger charge is -2.30. The van der Waals surface area contributed by atoms with E-state index < -0.39 is 0 Å². The van der Waals surface area contributed by atoms with Gasteiger partial charge in [0.25, 0.3) is 5.91 Å². The van der Waals surface area contributed by atoms with Gasteiger partial charge in [-0.05, 0) is 48.6 Å². The van der Waals surface area contributed by atoms with Crippen LogP contribution in [0.25, 0.3) is 11.0 Å². The molecule has 0 radical (unpaired) electrons. The fourth-order valence-corrected chi connectivity index (χ4v) is 3.35. The number of carbonyl (C=O) groups is 1. The Bertz CT molecular complexity index is 876. The molecule has 0 bridgehead atoms. The first-order valence-corrected chi connectivity index (χ1v) is 8.87. The predicted molar refractivity (Wildman–Crippen MR) is 97.4 cm³/mol. The van der Waals surface area contributed by atoms with Gasteiger partial charge in [0.15, 0.2) is 0 Å². The summed E-state index contributed by atoms with van der Waals surface area (Å²) in [6.45, 7) is 4.64. The molecule has 5 nitrogen and oxygen atoms in total. The molecule has 128 valence electrons. The van der Waals surface area contributed by atoms with Gasteiger partial charge in [0, 0.05) is 18.7 Å². The maximum absolute atomic E-state index is 12.6. The third-order valence-corrected chi connectivity index (χ3v) is 5.02. The van der Waals surface area contributed by atoms with Gasteiger partial charge in [-0.1, -0.05) is 36.4 Å². The number of fused-ring (bicyclic) bond motifs is 1. The minimum absolute atomic E-state index is 0.143. The normalized spacial score (nSPS) is 15.6. The molecule has 1 aliphatic rings. The first-order valence-electron chi connectivity index (χ1n) is 8.87. The fraction of sp³-hybridized carbons (Fsp3) is 0.350. The summed E-state index contributed by atoms with van der Waals surface area (Å²) in [6.07, 6.45) is 2.20. The highest BCUT2D eigenvalue weighted by Gasteiger charge is 2.21. The Morgan fingerprint density at radius 1 is 1.08 bits per heavy atom. The number of carbonyl (C=O) groups excluding carboxylic acids is 1. The minimum Gasteiger partial charge on any atom is -0.339 e. The van der Waals surface area contributed by atoms with Gasteiger partial charge in [0.1, 0.15) is 5.52 Å². The number of piperidine rings is 1. The van der Waals surface area contributed by atoms with Crippen molar-refractivity contribution in [3.8, 4) is 0 Å². The lowest BCUT2D eigenvalue weighted by Crippen LogP contribution is -2.37. The standard InChI is InChI=1S/C20H22N4O/c1-15-10-12-23(13-11-15)20(25)17-8-6-16(7-9-17)14-24-19-5-3-2-4-18(19)21-22-24/h2-9,15H,10-14H2,1H3. The highest BCUT2D eigenvalue weighted by Crippen LogP contribution is 2.19. The van der Waals surface area contributed by atoms with Crippen molar-refractivity contribution < 1.29 is 4.79 Å². The van der Waals surface area contributed by atoms with Crippen LogP contribution in [0.3, 0.4) is 0 Å².